The second kappa shape index (κ2) is 5.19. The summed E-state index contributed by atoms with van der Waals surface area (Å²) >= 11 is 0. The fourth-order valence-electron chi connectivity index (χ4n) is 2.35. The predicted molar refractivity (Wildman–Crippen MR) is 65.6 cm³/mol. The molecule has 1 heterocycles. The van der Waals surface area contributed by atoms with E-state index < -0.39 is 6.09 Å². The Morgan fingerprint density at radius 1 is 1.47 bits per heavy atom. The summed E-state index contributed by atoms with van der Waals surface area (Å²) in [6.45, 7) is 4.35. The van der Waals surface area contributed by atoms with E-state index >= 15 is 0 Å². The van der Waals surface area contributed by atoms with Gasteiger partial charge in [-0.3, -0.25) is 4.90 Å². The number of hydrogen-bond acceptors (Lipinski definition) is 3. The Morgan fingerprint density at radius 2 is 2.18 bits per heavy atom. The van der Waals surface area contributed by atoms with Gasteiger partial charge in [0.2, 0.25) is 0 Å². The summed E-state index contributed by atoms with van der Waals surface area (Å²) < 4.78 is 4.93. The van der Waals surface area contributed by atoms with Gasteiger partial charge in [0.1, 0.15) is 6.61 Å². The van der Waals surface area contributed by atoms with Gasteiger partial charge in [-0.25, -0.2) is 4.79 Å². The maximum Gasteiger partial charge on any atom is 0.404 e. The number of ether oxygens (including phenoxy) is 1. The Morgan fingerprint density at radius 3 is 2.82 bits per heavy atom. The van der Waals surface area contributed by atoms with Gasteiger partial charge in [-0.15, -0.1) is 0 Å². The Bertz CT molecular complexity index is 406. The van der Waals surface area contributed by atoms with Crippen LogP contribution in [-0.4, -0.2) is 30.2 Å². The van der Waals surface area contributed by atoms with Gasteiger partial charge in [-0.2, -0.15) is 0 Å². The van der Waals surface area contributed by atoms with Crippen molar-refractivity contribution in [2.45, 2.75) is 25.9 Å². The number of likely N-dealkylation sites (N-methyl/N-ethyl adjacent to an activating group) is 1. The smallest absolute Gasteiger partial charge is 0.404 e. The number of carbonyl (C=O) groups excluding carboxylic acids is 1. The molecule has 2 rings (SSSR count). The van der Waals surface area contributed by atoms with Crippen molar-refractivity contribution in [1.29, 1.82) is 0 Å². The molecule has 17 heavy (non-hydrogen) atoms. The molecule has 1 aliphatic rings. The fourth-order valence-corrected chi connectivity index (χ4v) is 2.35. The molecule has 1 aromatic rings. The molecule has 0 bridgehead atoms. The molecule has 0 radical (unpaired) electrons. The van der Waals surface area contributed by atoms with Crippen molar-refractivity contribution in [3.63, 3.8) is 0 Å². The van der Waals surface area contributed by atoms with Crippen LogP contribution >= 0.6 is 0 Å². The van der Waals surface area contributed by atoms with E-state index in [2.05, 4.69) is 30.0 Å². The summed E-state index contributed by atoms with van der Waals surface area (Å²) in [6.07, 6.45) is 0.219. The number of primary amides is 1. The quantitative estimate of drug-likeness (QED) is 0.862. The molecular formula is C13H18N2O2. The third-order valence-corrected chi connectivity index (χ3v) is 3.29. The summed E-state index contributed by atoms with van der Waals surface area (Å²) in [4.78, 5) is 13.0. The first-order valence-electron chi connectivity index (χ1n) is 5.93. The summed E-state index contributed by atoms with van der Waals surface area (Å²) in [5.74, 6) is 0. The molecule has 0 spiro atoms. The molecule has 0 fully saturated rings. The van der Waals surface area contributed by atoms with Gasteiger partial charge in [0, 0.05) is 12.6 Å². The molecule has 92 valence electrons. The Labute approximate surface area is 101 Å². The van der Waals surface area contributed by atoms with Gasteiger partial charge in [-0.1, -0.05) is 31.2 Å². The van der Waals surface area contributed by atoms with Gasteiger partial charge in [0.25, 0.3) is 0 Å². The van der Waals surface area contributed by atoms with Crippen LogP contribution in [0.3, 0.4) is 0 Å². The second-order valence-corrected chi connectivity index (χ2v) is 4.32. The average Bonchev–Trinajstić information content (AvgIpc) is 2.35. The lowest BCUT2D eigenvalue weighted by molar-refractivity contribution is 0.0871. The van der Waals surface area contributed by atoms with Gasteiger partial charge in [-0.05, 0) is 24.1 Å². The lowest BCUT2D eigenvalue weighted by Crippen LogP contribution is -2.43. The highest BCUT2D eigenvalue weighted by atomic mass is 16.5. The Hall–Kier alpha value is -1.55. The van der Waals surface area contributed by atoms with E-state index in [1.165, 1.54) is 11.1 Å². The van der Waals surface area contributed by atoms with Crippen LogP contribution in [-0.2, 0) is 17.7 Å². The standard InChI is InChI=1S/C13H18N2O2/c1-2-15-8-11-6-4-3-5-10(11)7-12(15)9-17-13(14)16/h3-6,12H,2,7-9H2,1H3,(H2,14,16)/t12-/m0/s1. The van der Waals surface area contributed by atoms with Crippen molar-refractivity contribution in [2.24, 2.45) is 5.73 Å². The fraction of sp³-hybridized carbons (Fsp3) is 0.462. The molecule has 1 aliphatic heterocycles. The van der Waals surface area contributed by atoms with Gasteiger partial charge in [0.15, 0.2) is 0 Å². The highest BCUT2D eigenvalue weighted by Crippen LogP contribution is 2.23. The zero-order chi connectivity index (χ0) is 12.3. The van der Waals surface area contributed by atoms with Crippen LogP contribution in [0.15, 0.2) is 24.3 Å². The zero-order valence-electron chi connectivity index (χ0n) is 10.1. The number of nitrogens with two attached hydrogens (primary N) is 1. The van der Waals surface area contributed by atoms with Crippen molar-refractivity contribution < 1.29 is 9.53 Å². The van der Waals surface area contributed by atoms with Crippen molar-refractivity contribution in [3.05, 3.63) is 35.4 Å². The van der Waals surface area contributed by atoms with E-state index in [-0.39, 0.29) is 6.04 Å². The first kappa shape index (κ1) is 11.9. The van der Waals surface area contributed by atoms with Crippen molar-refractivity contribution >= 4 is 6.09 Å². The van der Waals surface area contributed by atoms with E-state index in [1.54, 1.807) is 0 Å². The number of benzene rings is 1. The van der Waals surface area contributed by atoms with E-state index in [0.29, 0.717) is 6.61 Å². The highest BCUT2D eigenvalue weighted by molar-refractivity contribution is 5.64. The van der Waals surface area contributed by atoms with Crippen LogP contribution in [0.2, 0.25) is 0 Å². The minimum absolute atomic E-state index is 0.238. The minimum atomic E-state index is -0.695. The topological polar surface area (TPSA) is 55.6 Å². The van der Waals surface area contributed by atoms with E-state index in [0.717, 1.165) is 19.5 Å². The number of fused-ring (bicyclic) bond motifs is 1. The van der Waals surface area contributed by atoms with Crippen LogP contribution < -0.4 is 5.73 Å². The number of nitrogens with zero attached hydrogens (tertiary/aromatic N) is 1. The maximum atomic E-state index is 10.7. The third-order valence-electron chi connectivity index (χ3n) is 3.29. The average molecular weight is 234 g/mol. The van der Waals surface area contributed by atoms with Crippen molar-refractivity contribution in [2.75, 3.05) is 13.2 Å². The maximum absolute atomic E-state index is 10.7. The summed E-state index contributed by atoms with van der Waals surface area (Å²) in [5.41, 5.74) is 7.72. The molecule has 0 aromatic heterocycles. The molecule has 4 heteroatoms. The van der Waals surface area contributed by atoms with Gasteiger partial charge in [0.05, 0.1) is 0 Å². The molecule has 0 saturated carbocycles. The molecule has 4 nitrogen and oxygen atoms in total. The summed E-state index contributed by atoms with van der Waals surface area (Å²) in [5, 5.41) is 0. The molecule has 1 amide bonds. The molecule has 0 unspecified atom stereocenters. The SMILES string of the molecule is CCN1Cc2ccccc2C[C@H]1COC(N)=O. The lowest BCUT2D eigenvalue weighted by atomic mass is 9.94. The normalized spacial score (nSPS) is 19.7. The minimum Gasteiger partial charge on any atom is -0.448 e. The largest absolute Gasteiger partial charge is 0.448 e. The molecule has 1 aromatic carbocycles. The number of rotatable bonds is 3. The van der Waals surface area contributed by atoms with Crippen molar-refractivity contribution in [3.8, 4) is 0 Å². The van der Waals surface area contributed by atoms with E-state index in [1.807, 2.05) is 6.07 Å². The molecule has 2 N–H and O–H groups in total. The van der Waals surface area contributed by atoms with Crippen LogP contribution in [0, 0.1) is 0 Å². The van der Waals surface area contributed by atoms with E-state index in [4.69, 9.17) is 10.5 Å². The Kier molecular flexibility index (Phi) is 3.64. The van der Waals surface area contributed by atoms with Crippen LogP contribution in [0.4, 0.5) is 4.79 Å². The number of amides is 1. The Balaban J connectivity index is 2.10. The van der Waals surface area contributed by atoms with Crippen LogP contribution in [0.1, 0.15) is 18.1 Å². The molecule has 0 saturated heterocycles. The van der Waals surface area contributed by atoms with Crippen LogP contribution in [0.25, 0.3) is 0 Å². The second-order valence-electron chi connectivity index (χ2n) is 4.32. The number of carbonyl (C=O) groups is 1. The first-order valence-corrected chi connectivity index (χ1v) is 5.93. The predicted octanol–water partition coefficient (Wildman–Crippen LogP) is 1.53. The van der Waals surface area contributed by atoms with Crippen molar-refractivity contribution in [1.82, 2.24) is 4.90 Å². The molecule has 0 aliphatic carbocycles. The molecular weight excluding hydrogens is 216 g/mol. The van der Waals surface area contributed by atoms with Gasteiger partial charge < -0.3 is 10.5 Å². The highest BCUT2D eigenvalue weighted by Gasteiger charge is 2.25. The summed E-state index contributed by atoms with van der Waals surface area (Å²) in [6, 6.07) is 8.64. The first-order chi connectivity index (χ1) is 8.20. The number of hydrogen-bond donors (Lipinski definition) is 1. The van der Waals surface area contributed by atoms with Crippen LogP contribution in [0.5, 0.6) is 0 Å². The monoisotopic (exact) mass is 234 g/mol. The molecule has 1 atom stereocenters. The van der Waals surface area contributed by atoms with E-state index in [9.17, 15) is 4.79 Å². The summed E-state index contributed by atoms with van der Waals surface area (Å²) in [7, 11) is 0. The zero-order valence-corrected chi connectivity index (χ0v) is 10.1. The lowest BCUT2D eigenvalue weighted by Gasteiger charge is -2.35. The third kappa shape index (κ3) is 2.77. The van der Waals surface area contributed by atoms with Gasteiger partial charge >= 0.3 is 6.09 Å².